The van der Waals surface area contributed by atoms with Crippen molar-refractivity contribution in [2.24, 2.45) is 0 Å². The molecule has 2 saturated heterocycles. The van der Waals surface area contributed by atoms with E-state index in [9.17, 15) is 13.2 Å². The Kier molecular flexibility index (Phi) is 6.39. The van der Waals surface area contributed by atoms with Crippen LogP contribution in [0.3, 0.4) is 0 Å². The summed E-state index contributed by atoms with van der Waals surface area (Å²) in [4.78, 5) is 16.8. The second-order valence-electron chi connectivity index (χ2n) is 7.14. The smallest absolute Gasteiger partial charge is 0.260 e. The summed E-state index contributed by atoms with van der Waals surface area (Å²) in [5.74, 6) is 0.523. The lowest BCUT2D eigenvalue weighted by Crippen LogP contribution is -2.49. The minimum atomic E-state index is -3.44. The van der Waals surface area contributed by atoms with Crippen molar-refractivity contribution in [1.82, 2.24) is 14.1 Å². The van der Waals surface area contributed by atoms with Gasteiger partial charge in [-0.1, -0.05) is 6.92 Å². The third-order valence-corrected chi connectivity index (χ3v) is 7.27. The fraction of sp³-hybridized carbons (Fsp3) is 0.632. The standard InChI is InChI=1S/C19H29N3O4S/c1-3-20-10-12-21(13-11-20)19(23)15-26-18-7-6-17(14-16(18)2)27(24,25)22-8-4-5-9-22/h6-7,14H,3-5,8-13,15H2,1-2H3. The van der Waals surface area contributed by atoms with Crippen molar-refractivity contribution < 1.29 is 17.9 Å². The predicted octanol–water partition coefficient (Wildman–Crippen LogP) is 1.32. The van der Waals surface area contributed by atoms with Gasteiger partial charge in [-0.15, -0.1) is 0 Å². The van der Waals surface area contributed by atoms with Crippen molar-refractivity contribution >= 4 is 15.9 Å². The summed E-state index contributed by atoms with van der Waals surface area (Å²) in [5.41, 5.74) is 0.721. The Morgan fingerprint density at radius 3 is 2.33 bits per heavy atom. The summed E-state index contributed by atoms with van der Waals surface area (Å²) >= 11 is 0. The van der Waals surface area contributed by atoms with Crippen LogP contribution in [-0.2, 0) is 14.8 Å². The fourth-order valence-corrected chi connectivity index (χ4v) is 5.17. The number of ether oxygens (including phenoxy) is 1. The van der Waals surface area contributed by atoms with Gasteiger partial charge in [0.05, 0.1) is 4.90 Å². The zero-order chi connectivity index (χ0) is 19.4. The minimum Gasteiger partial charge on any atom is -0.483 e. The number of piperazine rings is 1. The number of likely N-dealkylation sites (N-methyl/N-ethyl adjacent to an activating group) is 1. The molecule has 0 aliphatic carbocycles. The Hall–Kier alpha value is -1.64. The summed E-state index contributed by atoms with van der Waals surface area (Å²) in [6.45, 7) is 9.31. The molecule has 2 heterocycles. The lowest BCUT2D eigenvalue weighted by molar-refractivity contribution is -0.135. The first-order valence-corrected chi connectivity index (χ1v) is 11.1. The number of nitrogens with zero attached hydrogens (tertiary/aromatic N) is 3. The molecule has 2 aliphatic heterocycles. The summed E-state index contributed by atoms with van der Waals surface area (Å²) in [6, 6.07) is 4.86. The maximum Gasteiger partial charge on any atom is 0.260 e. The molecule has 1 aromatic rings. The second-order valence-corrected chi connectivity index (χ2v) is 9.08. The number of carbonyl (C=O) groups excluding carboxylic acids is 1. The van der Waals surface area contributed by atoms with E-state index in [0.29, 0.717) is 18.8 Å². The lowest BCUT2D eigenvalue weighted by atomic mass is 10.2. The summed E-state index contributed by atoms with van der Waals surface area (Å²) < 4.78 is 32.5. The predicted molar refractivity (Wildman–Crippen MR) is 103 cm³/mol. The quantitative estimate of drug-likeness (QED) is 0.727. The van der Waals surface area contributed by atoms with E-state index in [0.717, 1.165) is 51.1 Å². The van der Waals surface area contributed by atoms with Gasteiger partial charge in [0.1, 0.15) is 5.75 Å². The molecule has 8 heteroatoms. The highest BCUT2D eigenvalue weighted by Crippen LogP contribution is 2.26. The van der Waals surface area contributed by atoms with E-state index < -0.39 is 10.0 Å². The molecule has 2 fully saturated rings. The molecule has 27 heavy (non-hydrogen) atoms. The molecule has 0 spiro atoms. The van der Waals surface area contributed by atoms with Crippen molar-refractivity contribution in [2.75, 3.05) is 52.4 Å². The number of hydrogen-bond acceptors (Lipinski definition) is 5. The van der Waals surface area contributed by atoms with E-state index in [-0.39, 0.29) is 17.4 Å². The first-order valence-electron chi connectivity index (χ1n) is 9.65. The van der Waals surface area contributed by atoms with Gasteiger partial charge in [0, 0.05) is 39.3 Å². The molecule has 0 atom stereocenters. The van der Waals surface area contributed by atoms with Crippen molar-refractivity contribution in [2.45, 2.75) is 31.6 Å². The molecule has 0 saturated carbocycles. The molecule has 0 aromatic heterocycles. The van der Waals surface area contributed by atoms with Crippen LogP contribution in [0, 0.1) is 6.92 Å². The van der Waals surface area contributed by atoms with Gasteiger partial charge in [-0.3, -0.25) is 4.79 Å². The highest BCUT2D eigenvalue weighted by atomic mass is 32.2. The largest absolute Gasteiger partial charge is 0.483 e. The van der Waals surface area contributed by atoms with Gasteiger partial charge in [-0.25, -0.2) is 8.42 Å². The average Bonchev–Trinajstić information content (AvgIpc) is 3.22. The molecule has 7 nitrogen and oxygen atoms in total. The van der Waals surface area contributed by atoms with E-state index in [1.807, 2.05) is 11.8 Å². The molecule has 1 amide bonds. The van der Waals surface area contributed by atoms with Gasteiger partial charge in [0.2, 0.25) is 10.0 Å². The SMILES string of the molecule is CCN1CCN(C(=O)COc2ccc(S(=O)(=O)N3CCCC3)cc2C)CC1. The Labute approximate surface area is 161 Å². The van der Waals surface area contributed by atoms with Crippen LogP contribution in [-0.4, -0.2) is 80.9 Å². The van der Waals surface area contributed by atoms with Crippen LogP contribution in [0.1, 0.15) is 25.3 Å². The van der Waals surface area contributed by atoms with Crippen molar-refractivity contribution in [1.29, 1.82) is 0 Å². The van der Waals surface area contributed by atoms with E-state index >= 15 is 0 Å². The highest BCUT2D eigenvalue weighted by Gasteiger charge is 2.27. The summed E-state index contributed by atoms with van der Waals surface area (Å²) in [5, 5.41) is 0. The Bertz CT molecular complexity index is 767. The Balaban J connectivity index is 1.59. The van der Waals surface area contributed by atoms with Crippen molar-refractivity contribution in [3.63, 3.8) is 0 Å². The lowest BCUT2D eigenvalue weighted by Gasteiger charge is -2.34. The van der Waals surface area contributed by atoms with Gasteiger partial charge in [0.25, 0.3) is 5.91 Å². The van der Waals surface area contributed by atoms with Gasteiger partial charge >= 0.3 is 0 Å². The fourth-order valence-electron chi connectivity index (χ4n) is 3.57. The third-order valence-electron chi connectivity index (χ3n) is 5.37. The molecule has 2 aliphatic rings. The third kappa shape index (κ3) is 4.62. The van der Waals surface area contributed by atoms with Gasteiger partial charge < -0.3 is 14.5 Å². The zero-order valence-corrected chi connectivity index (χ0v) is 17.0. The number of rotatable bonds is 6. The van der Waals surface area contributed by atoms with Crippen LogP contribution in [0.2, 0.25) is 0 Å². The number of sulfonamides is 1. The van der Waals surface area contributed by atoms with Gasteiger partial charge in [-0.05, 0) is 50.1 Å². The van der Waals surface area contributed by atoms with Crippen LogP contribution in [0.5, 0.6) is 5.75 Å². The average molecular weight is 396 g/mol. The molecule has 0 bridgehead atoms. The molecule has 0 unspecified atom stereocenters. The minimum absolute atomic E-state index is 0.0226. The maximum atomic E-state index is 12.6. The van der Waals surface area contributed by atoms with E-state index in [1.165, 1.54) is 4.31 Å². The Morgan fingerprint density at radius 1 is 1.07 bits per heavy atom. The first-order chi connectivity index (χ1) is 12.9. The van der Waals surface area contributed by atoms with Crippen LogP contribution in [0.15, 0.2) is 23.1 Å². The molecule has 0 N–H and O–H groups in total. The van der Waals surface area contributed by atoms with Gasteiger partial charge in [-0.2, -0.15) is 4.31 Å². The molecular weight excluding hydrogens is 366 g/mol. The Morgan fingerprint density at radius 2 is 1.74 bits per heavy atom. The van der Waals surface area contributed by atoms with Crippen LogP contribution < -0.4 is 4.74 Å². The summed E-state index contributed by atoms with van der Waals surface area (Å²) in [7, 11) is -3.44. The van der Waals surface area contributed by atoms with Crippen molar-refractivity contribution in [3.05, 3.63) is 23.8 Å². The molecular formula is C19H29N3O4S. The maximum absolute atomic E-state index is 12.6. The first kappa shape index (κ1) is 20.1. The molecule has 0 radical (unpaired) electrons. The van der Waals surface area contributed by atoms with Crippen LogP contribution in [0.4, 0.5) is 0 Å². The van der Waals surface area contributed by atoms with Crippen molar-refractivity contribution in [3.8, 4) is 5.75 Å². The number of carbonyl (C=O) groups is 1. The number of aryl methyl sites for hydroxylation is 1. The van der Waals surface area contributed by atoms with Gasteiger partial charge in [0.15, 0.2) is 6.61 Å². The number of benzene rings is 1. The van der Waals surface area contributed by atoms with E-state index in [2.05, 4.69) is 11.8 Å². The topological polar surface area (TPSA) is 70.2 Å². The van der Waals surface area contributed by atoms with E-state index in [1.54, 1.807) is 18.2 Å². The van der Waals surface area contributed by atoms with Crippen LogP contribution >= 0.6 is 0 Å². The van der Waals surface area contributed by atoms with E-state index in [4.69, 9.17) is 4.74 Å². The number of amides is 1. The normalized spacial score (nSPS) is 19.4. The summed E-state index contributed by atoms with van der Waals surface area (Å²) in [6.07, 6.45) is 1.82. The molecule has 3 rings (SSSR count). The zero-order valence-electron chi connectivity index (χ0n) is 16.2. The molecule has 150 valence electrons. The molecule has 1 aromatic carbocycles. The second kappa shape index (κ2) is 8.58. The van der Waals surface area contributed by atoms with Crippen LogP contribution in [0.25, 0.3) is 0 Å². The number of hydrogen-bond donors (Lipinski definition) is 0. The monoisotopic (exact) mass is 395 g/mol. The highest BCUT2D eigenvalue weighted by molar-refractivity contribution is 7.89.